The van der Waals surface area contributed by atoms with Crippen LogP contribution in [0.3, 0.4) is 0 Å². The lowest BCUT2D eigenvalue weighted by atomic mass is 9.80. The molecule has 0 fully saturated rings. The lowest BCUT2D eigenvalue weighted by molar-refractivity contribution is 1.27. The molecule has 0 atom stereocenters. The first-order valence-electron chi connectivity index (χ1n) is 11.4. The third-order valence-corrected chi connectivity index (χ3v) is 6.23. The highest BCUT2D eigenvalue weighted by molar-refractivity contribution is 6.06. The van der Waals surface area contributed by atoms with Gasteiger partial charge in [-0.3, -0.25) is 0 Å². The predicted molar refractivity (Wildman–Crippen MR) is 139 cm³/mol. The molecule has 32 heavy (non-hydrogen) atoms. The van der Waals surface area contributed by atoms with E-state index >= 15 is 0 Å². The third kappa shape index (κ3) is 4.18. The van der Waals surface area contributed by atoms with E-state index in [0.717, 1.165) is 0 Å². The first-order chi connectivity index (χ1) is 15.4. The number of benzene rings is 4. The number of aryl methyl sites for hydroxylation is 6. The molecule has 0 heteroatoms. The van der Waals surface area contributed by atoms with Crippen molar-refractivity contribution in [2.24, 2.45) is 0 Å². The zero-order chi connectivity index (χ0) is 22.8. The topological polar surface area (TPSA) is 0 Å². The highest BCUT2D eigenvalue weighted by Gasteiger charge is 2.21. The smallest absolute Gasteiger partial charge is 0.00213 e. The van der Waals surface area contributed by atoms with Crippen molar-refractivity contribution in [3.63, 3.8) is 0 Å². The van der Waals surface area contributed by atoms with Gasteiger partial charge in [-0.25, -0.2) is 0 Å². The van der Waals surface area contributed by atoms with Crippen LogP contribution in [0.2, 0.25) is 0 Å². The van der Waals surface area contributed by atoms with Crippen LogP contribution in [0.15, 0.2) is 84.9 Å². The Balaban J connectivity index is 2.24. The zero-order valence-electron chi connectivity index (χ0n) is 20.1. The Hall–Kier alpha value is -3.38. The molecule has 0 saturated heterocycles. The fourth-order valence-corrected chi connectivity index (χ4v) is 5.19. The second-order valence-corrected chi connectivity index (χ2v) is 9.03. The molecule has 160 valence electrons. The summed E-state index contributed by atoms with van der Waals surface area (Å²) in [5.41, 5.74) is 15.7. The Morgan fingerprint density at radius 1 is 0.406 bits per heavy atom. The summed E-state index contributed by atoms with van der Waals surface area (Å²) < 4.78 is 0. The molecule has 0 radical (unpaired) electrons. The Bertz CT molecular complexity index is 1140. The Kier molecular flexibility index (Phi) is 6.15. The molecule has 0 nitrogen and oxygen atoms in total. The number of rotatable bonds is 4. The first kappa shape index (κ1) is 21.8. The van der Waals surface area contributed by atoms with Crippen molar-refractivity contribution in [2.75, 3.05) is 0 Å². The minimum Gasteiger partial charge on any atom is -0.0622 e. The van der Waals surface area contributed by atoms with E-state index < -0.39 is 0 Å². The van der Waals surface area contributed by atoms with Crippen molar-refractivity contribution in [3.8, 4) is 0 Å². The molecule has 0 aliphatic carbocycles. The molecule has 0 unspecified atom stereocenters. The molecule has 0 bridgehead atoms. The molecule has 0 heterocycles. The van der Waals surface area contributed by atoms with E-state index in [-0.39, 0.29) is 0 Å². The van der Waals surface area contributed by atoms with Gasteiger partial charge in [-0.1, -0.05) is 96.1 Å². The third-order valence-electron chi connectivity index (χ3n) is 6.23. The van der Waals surface area contributed by atoms with Crippen LogP contribution in [0.5, 0.6) is 0 Å². The van der Waals surface area contributed by atoms with Gasteiger partial charge in [0.25, 0.3) is 0 Å². The maximum absolute atomic E-state index is 2.31. The summed E-state index contributed by atoms with van der Waals surface area (Å²) in [5, 5.41) is 0. The second kappa shape index (κ2) is 9.01. The molecule has 0 aliphatic heterocycles. The number of hydrogen-bond donors (Lipinski definition) is 0. The largest absolute Gasteiger partial charge is 0.0622 e. The summed E-state index contributed by atoms with van der Waals surface area (Å²) in [4.78, 5) is 0. The Morgan fingerprint density at radius 2 is 0.688 bits per heavy atom. The van der Waals surface area contributed by atoms with Crippen molar-refractivity contribution >= 4 is 11.1 Å². The van der Waals surface area contributed by atoms with Crippen LogP contribution in [-0.2, 0) is 0 Å². The maximum Gasteiger partial charge on any atom is -0.00213 e. The predicted octanol–water partition coefficient (Wildman–Crippen LogP) is 8.54. The minimum absolute atomic E-state index is 1.25. The summed E-state index contributed by atoms with van der Waals surface area (Å²) >= 11 is 0. The molecule has 0 spiro atoms. The fourth-order valence-electron chi connectivity index (χ4n) is 5.19. The molecule has 4 rings (SSSR count). The average Bonchev–Trinajstić information content (AvgIpc) is 2.75. The van der Waals surface area contributed by atoms with E-state index in [9.17, 15) is 0 Å². The highest BCUT2D eigenvalue weighted by atomic mass is 14.2. The quantitative estimate of drug-likeness (QED) is 0.292. The van der Waals surface area contributed by atoms with Crippen LogP contribution in [0.25, 0.3) is 11.1 Å². The summed E-state index contributed by atoms with van der Waals surface area (Å²) in [5.74, 6) is 0. The van der Waals surface area contributed by atoms with Crippen molar-refractivity contribution in [2.45, 2.75) is 41.5 Å². The normalized spacial score (nSPS) is 11.9. The van der Waals surface area contributed by atoms with Gasteiger partial charge in [-0.2, -0.15) is 0 Å². The molecule has 0 N–H and O–H groups in total. The van der Waals surface area contributed by atoms with E-state index in [2.05, 4.69) is 126 Å². The van der Waals surface area contributed by atoms with E-state index in [1.54, 1.807) is 0 Å². The van der Waals surface area contributed by atoms with Crippen LogP contribution >= 0.6 is 0 Å². The molecular formula is C32H32. The lowest BCUT2D eigenvalue weighted by Crippen LogP contribution is -2.04. The monoisotopic (exact) mass is 416 g/mol. The van der Waals surface area contributed by atoms with Gasteiger partial charge in [-0.05, 0) is 97.2 Å². The van der Waals surface area contributed by atoms with Crippen LogP contribution in [-0.4, -0.2) is 0 Å². The van der Waals surface area contributed by atoms with E-state index in [1.165, 1.54) is 66.8 Å². The van der Waals surface area contributed by atoms with Crippen molar-refractivity contribution < 1.29 is 0 Å². The fraction of sp³-hybridized carbons (Fsp3) is 0.188. The second-order valence-electron chi connectivity index (χ2n) is 9.03. The van der Waals surface area contributed by atoms with Gasteiger partial charge in [0.05, 0.1) is 0 Å². The molecule has 0 saturated carbocycles. The molecule has 0 aromatic heterocycles. The SMILES string of the molecule is Cc1cc(C)c(/C(=C(/c2ccccc2)c2c(C)cc(C)cc2C)c2ccccc2)c(C)c1. The lowest BCUT2D eigenvalue weighted by Gasteiger charge is -2.24. The average molecular weight is 417 g/mol. The molecule has 0 amide bonds. The van der Waals surface area contributed by atoms with Gasteiger partial charge >= 0.3 is 0 Å². The minimum atomic E-state index is 1.25. The van der Waals surface area contributed by atoms with Gasteiger partial charge in [0.1, 0.15) is 0 Å². The van der Waals surface area contributed by atoms with Crippen LogP contribution < -0.4 is 0 Å². The van der Waals surface area contributed by atoms with Crippen molar-refractivity contribution in [1.82, 2.24) is 0 Å². The standard InChI is InChI=1S/C32H32/c1-21-17-23(3)29(24(4)18-21)31(27-13-9-7-10-14-27)32(28-15-11-8-12-16-28)30-25(5)19-22(2)20-26(30)6/h7-20H,1-6H3/b32-31-. The highest BCUT2D eigenvalue weighted by Crippen LogP contribution is 2.41. The van der Waals surface area contributed by atoms with Crippen molar-refractivity contribution in [1.29, 1.82) is 0 Å². The van der Waals surface area contributed by atoms with Gasteiger partial charge in [0.2, 0.25) is 0 Å². The number of hydrogen-bond acceptors (Lipinski definition) is 0. The summed E-state index contributed by atoms with van der Waals surface area (Å²) in [6.07, 6.45) is 0. The van der Waals surface area contributed by atoms with E-state index in [4.69, 9.17) is 0 Å². The zero-order valence-corrected chi connectivity index (χ0v) is 20.1. The van der Waals surface area contributed by atoms with Gasteiger partial charge in [-0.15, -0.1) is 0 Å². The molecule has 4 aromatic carbocycles. The molecular weight excluding hydrogens is 384 g/mol. The Morgan fingerprint density at radius 3 is 0.969 bits per heavy atom. The summed E-state index contributed by atoms with van der Waals surface area (Å²) in [7, 11) is 0. The van der Waals surface area contributed by atoms with Gasteiger partial charge in [0.15, 0.2) is 0 Å². The summed E-state index contributed by atoms with van der Waals surface area (Å²) in [6, 6.07) is 31.0. The first-order valence-corrected chi connectivity index (χ1v) is 11.4. The van der Waals surface area contributed by atoms with Gasteiger partial charge in [0, 0.05) is 0 Å². The maximum atomic E-state index is 2.31. The molecule has 0 aliphatic rings. The molecule has 4 aromatic rings. The van der Waals surface area contributed by atoms with E-state index in [0.29, 0.717) is 0 Å². The van der Waals surface area contributed by atoms with Crippen LogP contribution in [0.1, 0.15) is 55.6 Å². The van der Waals surface area contributed by atoms with Crippen LogP contribution in [0, 0.1) is 41.5 Å². The summed E-state index contributed by atoms with van der Waals surface area (Å²) in [6.45, 7) is 13.3. The Labute approximate surface area is 193 Å². The van der Waals surface area contributed by atoms with Crippen LogP contribution in [0.4, 0.5) is 0 Å². The van der Waals surface area contributed by atoms with Gasteiger partial charge < -0.3 is 0 Å². The van der Waals surface area contributed by atoms with Crippen molar-refractivity contribution in [3.05, 3.63) is 141 Å². The van der Waals surface area contributed by atoms with E-state index in [1.807, 2.05) is 0 Å².